The van der Waals surface area contributed by atoms with Gasteiger partial charge in [-0.1, -0.05) is 51.9 Å². The standard InChI is InChI=1S/C30H28N10O2.C7H8O3S/c1-39-15-23(25(31)37-29(39)33)17-7-11-21(12-8-17)35-27(41)19-3-5-20(6-4-19)28(42)36-22-13-9-18(10-14-22)24-16-40(2)30(34)38-26(24)32;1-6-2-4-7(5-3-6)11(8,9)10/h3-16H,1-2H3,(H8,31,32,33,34,35,36,37,38,41,42);2-5H,1H3,(H,8,9,10)/p+2. The second-order valence-corrected chi connectivity index (χ2v) is 13.4. The minimum atomic E-state index is -4.02. The fourth-order valence-corrected chi connectivity index (χ4v) is 5.46. The highest BCUT2D eigenvalue weighted by Gasteiger charge is 2.16. The van der Waals surface area contributed by atoms with Crippen LogP contribution in [-0.4, -0.2) is 34.8 Å². The predicted octanol–water partition coefficient (Wildman–Crippen LogP) is 3.53. The summed E-state index contributed by atoms with van der Waals surface area (Å²) in [5.74, 6) is 0.639. The quantitative estimate of drug-likeness (QED) is 0.0923. The van der Waals surface area contributed by atoms with E-state index in [1.165, 1.54) is 12.1 Å². The number of nitrogens with one attached hydrogen (secondary N) is 2. The smallest absolute Gasteiger partial charge is 0.369 e. The maximum absolute atomic E-state index is 12.8. The van der Waals surface area contributed by atoms with Crippen molar-refractivity contribution in [1.82, 2.24) is 9.97 Å². The summed E-state index contributed by atoms with van der Waals surface area (Å²) < 4.78 is 32.9. The van der Waals surface area contributed by atoms with Crippen LogP contribution in [0.25, 0.3) is 22.3 Å². The van der Waals surface area contributed by atoms with E-state index in [9.17, 15) is 18.0 Å². The largest absolute Gasteiger partial charge is 0.391 e. The molecule has 4 aromatic carbocycles. The maximum atomic E-state index is 12.8. The summed E-state index contributed by atoms with van der Waals surface area (Å²) in [6.07, 6.45) is 3.60. The number of rotatable bonds is 7. The molecule has 0 atom stereocenters. The van der Waals surface area contributed by atoms with Gasteiger partial charge in [-0.2, -0.15) is 8.42 Å². The van der Waals surface area contributed by atoms with Crippen LogP contribution in [0.3, 0.4) is 0 Å². The van der Waals surface area contributed by atoms with Gasteiger partial charge in [-0.3, -0.25) is 25.6 Å². The minimum Gasteiger partial charge on any atom is -0.369 e. The number of aromatic nitrogens is 4. The van der Waals surface area contributed by atoms with E-state index in [1.807, 2.05) is 31.2 Å². The summed E-state index contributed by atoms with van der Waals surface area (Å²) in [6.45, 7) is 1.84. The van der Waals surface area contributed by atoms with Crippen molar-refractivity contribution in [1.29, 1.82) is 0 Å². The topological polar surface area (TPSA) is 250 Å². The van der Waals surface area contributed by atoms with Crippen molar-refractivity contribution >= 4 is 56.8 Å². The van der Waals surface area contributed by atoms with Gasteiger partial charge in [0.05, 0.1) is 42.5 Å². The molecule has 270 valence electrons. The number of benzene rings is 4. The Morgan fingerprint density at radius 1 is 0.604 bits per heavy atom. The van der Waals surface area contributed by atoms with Gasteiger partial charge in [0.15, 0.2) is 0 Å². The first-order valence-corrected chi connectivity index (χ1v) is 17.3. The van der Waals surface area contributed by atoms with E-state index >= 15 is 0 Å². The molecule has 0 saturated heterocycles. The first kappa shape index (κ1) is 37.3. The highest BCUT2D eigenvalue weighted by Crippen LogP contribution is 2.26. The summed E-state index contributed by atoms with van der Waals surface area (Å²) in [4.78, 5) is 33.8. The molecule has 6 aromatic rings. The third kappa shape index (κ3) is 9.26. The molecule has 0 unspecified atom stereocenters. The van der Waals surface area contributed by atoms with Crippen molar-refractivity contribution < 1.29 is 31.7 Å². The van der Waals surface area contributed by atoms with Crippen LogP contribution in [0.2, 0.25) is 0 Å². The zero-order valence-corrected chi connectivity index (χ0v) is 29.8. The van der Waals surface area contributed by atoms with Crippen molar-refractivity contribution in [2.75, 3.05) is 33.6 Å². The monoisotopic (exact) mass is 734 g/mol. The lowest BCUT2D eigenvalue weighted by Crippen LogP contribution is -2.33. The lowest BCUT2D eigenvalue weighted by Gasteiger charge is -2.09. The summed E-state index contributed by atoms with van der Waals surface area (Å²) in [7, 11) is -0.455. The molecule has 6 rings (SSSR count). The number of nitrogens with two attached hydrogens (primary N) is 4. The van der Waals surface area contributed by atoms with Crippen molar-refractivity contribution in [3.63, 3.8) is 0 Å². The molecular formula is C37H38N10O5S+2. The van der Waals surface area contributed by atoms with Gasteiger partial charge in [-0.25, -0.2) is 9.13 Å². The Hall–Kier alpha value is -6.91. The molecule has 11 N–H and O–H groups in total. The Kier molecular flexibility index (Phi) is 11.0. The van der Waals surface area contributed by atoms with Crippen molar-refractivity contribution in [2.45, 2.75) is 11.8 Å². The zero-order valence-electron chi connectivity index (χ0n) is 29.0. The number of hydrogen-bond donors (Lipinski definition) is 7. The Labute approximate surface area is 305 Å². The predicted molar refractivity (Wildman–Crippen MR) is 203 cm³/mol. The highest BCUT2D eigenvalue weighted by atomic mass is 32.2. The van der Waals surface area contributed by atoms with Crippen LogP contribution in [-0.2, 0) is 24.2 Å². The minimum absolute atomic E-state index is 0.0666. The fourth-order valence-electron chi connectivity index (χ4n) is 4.98. The second kappa shape index (κ2) is 15.5. The highest BCUT2D eigenvalue weighted by molar-refractivity contribution is 7.85. The number of amides is 2. The van der Waals surface area contributed by atoms with E-state index in [1.54, 1.807) is 96.3 Å². The average Bonchev–Trinajstić information content (AvgIpc) is 3.12. The van der Waals surface area contributed by atoms with Crippen LogP contribution in [0, 0.1) is 6.92 Å². The van der Waals surface area contributed by atoms with E-state index < -0.39 is 10.1 Å². The fraction of sp³-hybridized carbons (Fsp3) is 0.0811. The normalized spacial score (nSPS) is 10.9. The number of nitrogens with zero attached hydrogens (tertiary/aromatic N) is 4. The number of carbonyl (C=O) groups is 2. The molecular weight excluding hydrogens is 697 g/mol. The Balaban J connectivity index is 0.000000422. The summed E-state index contributed by atoms with van der Waals surface area (Å²) in [6, 6.07) is 26.8. The van der Waals surface area contributed by atoms with Gasteiger partial charge in [0.1, 0.15) is 0 Å². The molecule has 0 aliphatic carbocycles. The number of hydrogen-bond acceptors (Lipinski definition) is 10. The molecule has 0 saturated carbocycles. The third-order valence-corrected chi connectivity index (χ3v) is 8.89. The lowest BCUT2D eigenvalue weighted by atomic mass is 10.1. The first-order valence-electron chi connectivity index (χ1n) is 15.9. The van der Waals surface area contributed by atoms with E-state index in [4.69, 9.17) is 27.5 Å². The number of carbonyl (C=O) groups excluding carboxylic acids is 2. The molecule has 2 aromatic heterocycles. The molecule has 16 heteroatoms. The van der Waals surface area contributed by atoms with Crippen LogP contribution in [0.1, 0.15) is 26.3 Å². The summed E-state index contributed by atoms with van der Waals surface area (Å²) >= 11 is 0. The lowest BCUT2D eigenvalue weighted by molar-refractivity contribution is -0.658. The molecule has 2 amide bonds. The van der Waals surface area contributed by atoms with Crippen LogP contribution >= 0.6 is 0 Å². The van der Waals surface area contributed by atoms with Gasteiger partial charge < -0.3 is 22.1 Å². The van der Waals surface area contributed by atoms with Crippen molar-refractivity contribution in [2.24, 2.45) is 14.1 Å². The number of nitrogen functional groups attached to an aromatic ring is 4. The average molecular weight is 735 g/mol. The first-order chi connectivity index (χ1) is 25.1. The maximum Gasteiger partial charge on any atom is 0.391 e. The Bertz CT molecular complexity index is 2270. The van der Waals surface area contributed by atoms with Gasteiger partial charge in [-0.15, -0.1) is 0 Å². The zero-order chi connectivity index (χ0) is 38.4. The molecule has 53 heavy (non-hydrogen) atoms. The van der Waals surface area contributed by atoms with E-state index in [2.05, 4.69) is 20.6 Å². The van der Waals surface area contributed by atoms with E-state index in [0.29, 0.717) is 46.0 Å². The Morgan fingerprint density at radius 2 is 0.962 bits per heavy atom. The Morgan fingerprint density at radius 3 is 1.30 bits per heavy atom. The molecule has 0 aliphatic heterocycles. The van der Waals surface area contributed by atoms with E-state index in [0.717, 1.165) is 27.8 Å². The van der Waals surface area contributed by atoms with Crippen LogP contribution in [0.4, 0.5) is 34.9 Å². The number of anilines is 6. The molecule has 2 heterocycles. The SMILES string of the molecule is C[n+]1cc(-c2ccc(NC(=O)c3ccc(C(=O)Nc4ccc(-c5c[n+](C)c(N)nc5N)cc4)cc3)cc2)c(N)nc1N.Cc1ccc(S(=O)(=O)O)cc1. The number of aryl methyl sites for hydroxylation is 3. The van der Waals surface area contributed by atoms with Gasteiger partial charge in [0.2, 0.25) is 11.6 Å². The molecule has 0 fully saturated rings. The summed E-state index contributed by atoms with van der Waals surface area (Å²) in [5.41, 5.74) is 29.7. The van der Waals surface area contributed by atoms with Crippen LogP contribution in [0.15, 0.2) is 114 Å². The molecule has 0 spiro atoms. The van der Waals surface area contributed by atoms with E-state index in [-0.39, 0.29) is 16.7 Å². The van der Waals surface area contributed by atoms with Crippen molar-refractivity contribution in [3.05, 3.63) is 126 Å². The molecule has 0 aliphatic rings. The van der Waals surface area contributed by atoms with Crippen LogP contribution < -0.4 is 42.7 Å². The molecule has 0 radical (unpaired) electrons. The second-order valence-electron chi connectivity index (χ2n) is 11.9. The van der Waals surface area contributed by atoms with Gasteiger partial charge >= 0.3 is 11.9 Å². The van der Waals surface area contributed by atoms with Gasteiger partial charge in [0.25, 0.3) is 21.9 Å². The molecule has 0 bridgehead atoms. The van der Waals surface area contributed by atoms with Gasteiger partial charge in [0, 0.05) is 22.5 Å². The van der Waals surface area contributed by atoms with Crippen LogP contribution in [0.5, 0.6) is 0 Å². The van der Waals surface area contributed by atoms with Gasteiger partial charge in [-0.05, 0) is 78.7 Å². The summed E-state index contributed by atoms with van der Waals surface area (Å²) in [5, 5.41) is 5.71. The molecule has 15 nitrogen and oxygen atoms in total. The van der Waals surface area contributed by atoms with Crippen molar-refractivity contribution in [3.8, 4) is 22.3 Å². The third-order valence-electron chi connectivity index (χ3n) is 8.03.